The van der Waals surface area contributed by atoms with E-state index in [1.165, 1.54) is 48.6 Å². The van der Waals surface area contributed by atoms with Gasteiger partial charge < -0.3 is 164 Å². The lowest BCUT2D eigenvalue weighted by molar-refractivity contribution is -0.292. The Morgan fingerprint density at radius 1 is 0.383 bits per heavy atom. The second kappa shape index (κ2) is 34.3. The van der Waals surface area contributed by atoms with Gasteiger partial charge in [-0.3, -0.25) is 9.59 Å². The monoisotopic (exact) mass is 1510 g/mol. The van der Waals surface area contributed by atoms with Crippen LogP contribution in [0, 0.1) is 0 Å². The van der Waals surface area contributed by atoms with Crippen molar-refractivity contribution in [3.63, 3.8) is 0 Å². The molecule has 5 aliphatic rings. The third-order valence-electron chi connectivity index (χ3n) is 16.9. The van der Waals surface area contributed by atoms with Crippen LogP contribution in [0.2, 0.25) is 0 Å². The largest absolute Gasteiger partial charge is 0.507 e. The Hall–Kier alpha value is -10.6. The van der Waals surface area contributed by atoms with Crippen LogP contribution in [-0.4, -0.2) is 281 Å². The molecule has 5 aliphatic heterocycles. The number of aliphatic carboxylic acids is 1. The summed E-state index contributed by atoms with van der Waals surface area (Å²) in [5, 5.41) is 212. The molecular weight excluding hydrogens is 1440 g/mol. The molecule has 0 aliphatic carbocycles. The Labute approximate surface area is 601 Å². The van der Waals surface area contributed by atoms with Crippen molar-refractivity contribution in [3.8, 4) is 63.2 Å². The molecule has 38 nitrogen and oxygen atoms in total. The van der Waals surface area contributed by atoms with Gasteiger partial charge >= 0.3 is 29.8 Å². The maximum absolute atomic E-state index is 13.1. The van der Waals surface area contributed by atoms with Crippen molar-refractivity contribution in [3.05, 3.63) is 137 Å². The van der Waals surface area contributed by atoms with Crippen molar-refractivity contribution in [1.29, 1.82) is 0 Å². The van der Waals surface area contributed by atoms with Crippen LogP contribution in [0.5, 0.6) is 63.2 Å². The first-order valence-corrected chi connectivity index (χ1v) is 32.2. The first-order valence-electron chi connectivity index (χ1n) is 32.2. The van der Waals surface area contributed by atoms with E-state index < -0.39 is 249 Å². The van der Waals surface area contributed by atoms with Crippen molar-refractivity contribution >= 4 is 53.8 Å². The zero-order valence-electron chi connectivity index (χ0n) is 55.1. The third kappa shape index (κ3) is 19.1. The normalized spacial score (nSPS) is 29.3. The molecule has 5 aromatic carbocycles. The number of carboxylic acid groups (broad SMARTS) is 1. The molecule has 20 N–H and O–H groups in total. The molecule has 107 heavy (non-hydrogen) atoms. The van der Waals surface area contributed by atoms with Crippen molar-refractivity contribution in [1.82, 2.24) is 0 Å². The van der Waals surface area contributed by atoms with E-state index in [1.54, 1.807) is 0 Å². The van der Waals surface area contributed by atoms with Crippen molar-refractivity contribution in [2.75, 3.05) is 26.4 Å². The number of allylic oxidation sites excluding steroid dienone is 1. The number of rotatable bonds is 25. The fourth-order valence-electron chi connectivity index (χ4n) is 11.1. The van der Waals surface area contributed by atoms with Crippen LogP contribution in [0.15, 0.2) is 109 Å². The standard InChI is InChI=1S/C69H72O38/c70-33-8-1-27(15-37(33)74)4-12-49(79)95-23-44-53(83)57(87)61(91)66(104-44)99-31-19-36(73)32-21-43(103-69-64(94)60(90)56(86)47(107-69)26-98-52(82)22-48(77)78)65(100-41(32)20-31)30-7-10-35(72)42(18-30)102-68-63(93)59(89)55(85)46(106-68)25-97-51(81)14-6-29-3-11-40(39(76)17-29)101-67-62(92)58(88)54(84)45(105-67)24-96-50(80)13-5-28-2-9-34(71)38(75)16-28/h1-20,44-47,53-64,66-76,83-94H,21-26H2,(H,77,78)/t44-,45-,46-,47-,53-,54-,55-,56-,57+,58+,59+,60+,61-,62-,63-,64-,66-,67-,68-,69-/m1/s1. The summed E-state index contributed by atoms with van der Waals surface area (Å²) in [4.78, 5) is 61.5. The number of carbonyl (C=O) groups is 5. The van der Waals surface area contributed by atoms with Crippen LogP contribution < -0.4 is 18.9 Å². The van der Waals surface area contributed by atoms with Crippen molar-refractivity contribution in [2.45, 2.75) is 136 Å². The molecule has 0 amide bonds. The average molecular weight is 1510 g/mol. The fraction of sp³-hybridized carbons (Fsp3) is 0.377. The summed E-state index contributed by atoms with van der Waals surface area (Å²) in [6.07, 6.45) is -33.4. The Balaban J connectivity index is 0.816. The van der Waals surface area contributed by atoms with Crippen LogP contribution in [0.4, 0.5) is 0 Å². The number of carbonyl (C=O) groups excluding carboxylic acids is 4. The topological polar surface area (TPSA) is 610 Å². The fourth-order valence-corrected chi connectivity index (χ4v) is 11.1. The minimum absolute atomic E-state index is 0.124. The van der Waals surface area contributed by atoms with Crippen molar-refractivity contribution < 1.29 is 188 Å². The molecule has 4 saturated heterocycles. The Morgan fingerprint density at radius 2 is 0.776 bits per heavy atom. The molecule has 0 aromatic heterocycles. The number of benzene rings is 5. The first-order chi connectivity index (χ1) is 50.8. The number of fused-ring (bicyclic) bond motifs is 1. The van der Waals surface area contributed by atoms with Gasteiger partial charge in [-0.1, -0.05) is 18.2 Å². The van der Waals surface area contributed by atoms with Gasteiger partial charge in [0.05, 0.1) is 0 Å². The number of esters is 4. The molecule has 4 fully saturated rings. The molecule has 10 rings (SSSR count). The van der Waals surface area contributed by atoms with Gasteiger partial charge in [-0.2, -0.15) is 0 Å². The van der Waals surface area contributed by atoms with Gasteiger partial charge in [0.25, 0.3) is 0 Å². The SMILES string of the molecule is O=C(O)CC(=O)OC[C@H]1O[C@@H](OC2=C(c3ccc(O)c(O[C@@H]4O[C@H](COC(=O)C=Cc5ccc(O[C@@H]6O[C@H](COC(=O)C=Cc7ccc(O)c(O)c7)[C@@H](O)[C@H](O)[C@H]6O)c(O)c5)[C@@H](O)[C@H](O)[C@H]4O)c3)Oc3cc(O[C@@H]4O[C@H](COC(=O)C=Cc5ccc(O)c(O)c5)[C@@H](O)[C@H](O)[C@H]4O)cc(O)c3C2)[C@H](O)[C@@H](O)[C@@H]1O. The minimum atomic E-state index is -2.13. The van der Waals surface area contributed by atoms with Gasteiger partial charge in [-0.15, -0.1) is 0 Å². The number of hydrogen-bond acceptors (Lipinski definition) is 37. The zero-order chi connectivity index (χ0) is 77.4. The molecule has 0 radical (unpaired) electrons. The quantitative estimate of drug-likeness (QED) is 0.00916. The number of ether oxygens (including phenoxy) is 13. The molecular formula is C69H72O38. The first kappa shape index (κ1) is 78.9. The lowest BCUT2D eigenvalue weighted by Crippen LogP contribution is -2.60. The van der Waals surface area contributed by atoms with Crippen LogP contribution in [0.1, 0.15) is 34.2 Å². The lowest BCUT2D eigenvalue weighted by atomic mass is 9.98. The molecule has 0 spiro atoms. The van der Waals surface area contributed by atoms with Gasteiger partial charge in [0.2, 0.25) is 25.2 Å². The van der Waals surface area contributed by atoms with Crippen molar-refractivity contribution in [2.24, 2.45) is 0 Å². The molecule has 576 valence electrons. The third-order valence-corrected chi connectivity index (χ3v) is 16.9. The molecule has 0 saturated carbocycles. The number of phenolic OH excluding ortho intramolecular Hbond substituents is 7. The second-order valence-electron chi connectivity index (χ2n) is 24.5. The van der Waals surface area contributed by atoms with Gasteiger partial charge in [0.1, 0.15) is 154 Å². The summed E-state index contributed by atoms with van der Waals surface area (Å²) < 4.78 is 73.0. The van der Waals surface area contributed by atoms with Crippen LogP contribution >= 0.6 is 0 Å². The summed E-state index contributed by atoms with van der Waals surface area (Å²) in [6, 6.07) is 16.3. The average Bonchev–Trinajstić information content (AvgIpc) is 0.771. The lowest BCUT2D eigenvalue weighted by Gasteiger charge is -2.41. The number of hydrogen-bond donors (Lipinski definition) is 20. The number of aliphatic hydroxyl groups excluding tert-OH is 12. The van der Waals surface area contributed by atoms with Gasteiger partial charge in [-0.25, -0.2) is 14.4 Å². The van der Waals surface area contributed by atoms with Crippen LogP contribution in [0.3, 0.4) is 0 Å². The molecule has 38 heteroatoms. The maximum Gasteiger partial charge on any atom is 0.330 e. The Kier molecular flexibility index (Phi) is 25.3. The van der Waals surface area contributed by atoms with E-state index in [0.29, 0.717) is 5.56 Å². The highest BCUT2D eigenvalue weighted by Gasteiger charge is 2.50. The number of aliphatic hydroxyl groups is 12. The predicted molar refractivity (Wildman–Crippen MR) is 348 cm³/mol. The number of aromatic hydroxyl groups is 7. The Morgan fingerprint density at radius 3 is 1.21 bits per heavy atom. The molecule has 0 unspecified atom stereocenters. The highest BCUT2D eigenvalue weighted by Crippen LogP contribution is 2.46. The highest BCUT2D eigenvalue weighted by atomic mass is 16.7. The molecule has 20 atom stereocenters. The summed E-state index contributed by atoms with van der Waals surface area (Å²) in [6.45, 7) is -3.15. The minimum Gasteiger partial charge on any atom is -0.507 e. The van der Waals surface area contributed by atoms with E-state index in [-0.39, 0.29) is 39.5 Å². The van der Waals surface area contributed by atoms with Gasteiger partial charge in [0, 0.05) is 47.9 Å². The molecule has 0 bridgehead atoms. The summed E-state index contributed by atoms with van der Waals surface area (Å²) in [5.74, 6) is -12.0. The van der Waals surface area contributed by atoms with Crippen LogP contribution in [-0.2, 0) is 73.0 Å². The summed E-state index contributed by atoms with van der Waals surface area (Å²) in [5.41, 5.74) is 0.407. The maximum atomic E-state index is 13.1. The smallest absolute Gasteiger partial charge is 0.330 e. The van der Waals surface area contributed by atoms with E-state index in [4.69, 9.17) is 66.7 Å². The summed E-state index contributed by atoms with van der Waals surface area (Å²) >= 11 is 0. The van der Waals surface area contributed by atoms with Gasteiger partial charge in [-0.05, 0) is 89.5 Å². The van der Waals surface area contributed by atoms with E-state index in [1.807, 2.05) is 0 Å². The van der Waals surface area contributed by atoms with Gasteiger partial charge in [0.15, 0.2) is 51.8 Å². The molecule has 5 aromatic rings. The summed E-state index contributed by atoms with van der Waals surface area (Å²) in [7, 11) is 0. The van der Waals surface area contributed by atoms with Crippen LogP contribution in [0.25, 0.3) is 24.0 Å². The second-order valence-corrected chi connectivity index (χ2v) is 24.5. The number of phenols is 7. The van der Waals surface area contributed by atoms with E-state index in [9.17, 15) is 121 Å². The highest BCUT2D eigenvalue weighted by molar-refractivity contribution is 5.90. The number of carboxylic acids is 1. The predicted octanol–water partition coefficient (Wildman–Crippen LogP) is -2.90. The molecule has 5 heterocycles. The zero-order valence-corrected chi connectivity index (χ0v) is 55.1. The van der Waals surface area contributed by atoms with E-state index >= 15 is 0 Å². The van der Waals surface area contributed by atoms with E-state index in [2.05, 4.69) is 0 Å². The Bertz CT molecular complexity index is 4170. The van der Waals surface area contributed by atoms with E-state index in [0.717, 1.165) is 72.8 Å².